The Hall–Kier alpha value is -1.63. The molecule has 3 aromatic carbocycles. The van der Waals surface area contributed by atoms with Gasteiger partial charge in [-0.15, -0.1) is 0 Å². The van der Waals surface area contributed by atoms with Crippen LogP contribution in [0.15, 0.2) is 60.7 Å². The molecule has 0 atom stereocenters. The summed E-state index contributed by atoms with van der Waals surface area (Å²) in [6.45, 7) is 0.352. The fourth-order valence-electron chi connectivity index (χ4n) is 2.55. The summed E-state index contributed by atoms with van der Waals surface area (Å²) < 4.78 is 20.8. The highest BCUT2D eigenvalue weighted by atomic mass is 127. The van der Waals surface area contributed by atoms with E-state index in [0.717, 1.165) is 24.0 Å². The van der Waals surface area contributed by atoms with Gasteiger partial charge in [0.1, 0.15) is 18.2 Å². The molecule has 0 N–H and O–H groups in total. The monoisotopic (exact) mass is 615 g/mol. The predicted octanol–water partition coefficient (Wildman–Crippen LogP) is 7.33. The van der Waals surface area contributed by atoms with Crippen molar-refractivity contribution in [3.8, 4) is 11.8 Å². The molecule has 140 valence electrons. The molecule has 0 aliphatic heterocycles. The number of allylic oxidation sites excluding steroid dienone is 1. The molecule has 0 saturated heterocycles. The summed E-state index contributed by atoms with van der Waals surface area (Å²) in [5.41, 5.74) is 2.98. The molecule has 0 bridgehead atoms. The summed E-state index contributed by atoms with van der Waals surface area (Å²) in [5.74, 6) is 0.495. The van der Waals surface area contributed by atoms with Crippen molar-refractivity contribution in [2.45, 2.75) is 6.61 Å². The number of halogens is 4. The van der Waals surface area contributed by atoms with E-state index in [2.05, 4.69) is 51.3 Å². The number of hydrogen-bond acceptors (Lipinski definition) is 2. The van der Waals surface area contributed by atoms with Crippen LogP contribution in [-0.4, -0.2) is 0 Å². The van der Waals surface area contributed by atoms with Crippen LogP contribution in [0.4, 0.5) is 4.39 Å². The molecule has 0 amide bonds. The zero-order valence-electron chi connectivity index (χ0n) is 14.4. The van der Waals surface area contributed by atoms with Gasteiger partial charge in [-0.05, 0) is 92.7 Å². The largest absolute Gasteiger partial charge is 0.487 e. The summed E-state index contributed by atoms with van der Waals surface area (Å²) in [5, 5.41) is 10.1. The lowest BCUT2D eigenvalue weighted by atomic mass is 10.0. The number of rotatable bonds is 5. The van der Waals surface area contributed by atoms with Crippen molar-refractivity contribution in [3.63, 3.8) is 0 Å². The van der Waals surface area contributed by atoms with Crippen molar-refractivity contribution in [2.24, 2.45) is 0 Å². The first kappa shape index (κ1) is 21.1. The van der Waals surface area contributed by atoms with Gasteiger partial charge >= 0.3 is 0 Å². The maximum absolute atomic E-state index is 13.0. The van der Waals surface area contributed by atoms with Crippen molar-refractivity contribution >= 4 is 68.4 Å². The quantitative estimate of drug-likeness (QED) is 0.171. The van der Waals surface area contributed by atoms with Gasteiger partial charge < -0.3 is 4.74 Å². The van der Waals surface area contributed by atoms with E-state index in [1.807, 2.05) is 36.4 Å². The maximum atomic E-state index is 13.0. The Labute approximate surface area is 195 Å². The Kier molecular flexibility index (Phi) is 7.32. The van der Waals surface area contributed by atoms with Crippen LogP contribution in [0.2, 0.25) is 5.02 Å². The van der Waals surface area contributed by atoms with Gasteiger partial charge in [0.15, 0.2) is 0 Å². The zero-order valence-corrected chi connectivity index (χ0v) is 19.5. The lowest BCUT2D eigenvalue weighted by molar-refractivity contribution is 0.301. The highest BCUT2D eigenvalue weighted by Gasteiger charge is 2.11. The molecule has 0 aliphatic rings. The molecular formula is C22H13ClFI2NO. The molecule has 0 aromatic heterocycles. The Morgan fingerprint density at radius 3 is 2.32 bits per heavy atom. The first-order chi connectivity index (χ1) is 13.5. The summed E-state index contributed by atoms with van der Waals surface area (Å²) >= 11 is 10.6. The van der Waals surface area contributed by atoms with E-state index in [9.17, 15) is 9.65 Å². The fourth-order valence-corrected chi connectivity index (χ4v) is 4.92. The molecule has 0 spiro atoms. The van der Waals surface area contributed by atoms with E-state index in [-0.39, 0.29) is 5.82 Å². The Balaban J connectivity index is 1.86. The van der Waals surface area contributed by atoms with Gasteiger partial charge in [0.2, 0.25) is 0 Å². The Bertz CT molecular complexity index is 1050. The highest BCUT2D eigenvalue weighted by Crippen LogP contribution is 2.32. The molecule has 28 heavy (non-hydrogen) atoms. The molecular weight excluding hydrogens is 603 g/mol. The van der Waals surface area contributed by atoms with Gasteiger partial charge in [0.25, 0.3) is 0 Å². The summed E-state index contributed by atoms with van der Waals surface area (Å²) in [7, 11) is 0. The van der Waals surface area contributed by atoms with Gasteiger partial charge in [-0.3, -0.25) is 0 Å². The van der Waals surface area contributed by atoms with E-state index >= 15 is 0 Å². The van der Waals surface area contributed by atoms with E-state index in [1.165, 1.54) is 12.1 Å². The first-order valence-corrected chi connectivity index (χ1v) is 10.7. The summed E-state index contributed by atoms with van der Waals surface area (Å²) in [4.78, 5) is 0. The average molecular weight is 616 g/mol. The van der Waals surface area contributed by atoms with Crippen molar-refractivity contribution < 1.29 is 9.13 Å². The van der Waals surface area contributed by atoms with Gasteiger partial charge in [-0.1, -0.05) is 41.9 Å². The number of benzene rings is 3. The van der Waals surface area contributed by atoms with Crippen LogP contribution >= 0.6 is 56.8 Å². The van der Waals surface area contributed by atoms with Gasteiger partial charge in [0.05, 0.1) is 18.8 Å². The second-order valence-corrected chi connectivity index (χ2v) is 8.61. The van der Waals surface area contributed by atoms with Crippen molar-refractivity contribution in [1.29, 1.82) is 5.26 Å². The van der Waals surface area contributed by atoms with Gasteiger partial charge in [-0.25, -0.2) is 4.39 Å². The van der Waals surface area contributed by atoms with Crippen molar-refractivity contribution in [2.75, 3.05) is 0 Å². The van der Waals surface area contributed by atoms with Crippen molar-refractivity contribution in [1.82, 2.24) is 0 Å². The third-order valence-corrected chi connectivity index (χ3v) is 5.84. The molecule has 0 unspecified atom stereocenters. The smallest absolute Gasteiger partial charge is 0.146 e. The van der Waals surface area contributed by atoms with Crippen LogP contribution in [0.3, 0.4) is 0 Å². The van der Waals surface area contributed by atoms with Crippen molar-refractivity contribution in [3.05, 3.63) is 95.3 Å². The lowest BCUT2D eigenvalue weighted by Gasteiger charge is -2.12. The molecule has 0 heterocycles. The molecule has 0 saturated carbocycles. The molecule has 2 nitrogen and oxygen atoms in total. The van der Waals surface area contributed by atoms with Crippen LogP contribution in [0, 0.1) is 24.3 Å². The van der Waals surface area contributed by atoms with E-state index < -0.39 is 0 Å². The van der Waals surface area contributed by atoms with E-state index in [0.29, 0.717) is 22.8 Å². The van der Waals surface area contributed by atoms with E-state index in [4.69, 9.17) is 16.3 Å². The Morgan fingerprint density at radius 2 is 1.71 bits per heavy atom. The van der Waals surface area contributed by atoms with Crippen LogP contribution in [0.25, 0.3) is 11.6 Å². The molecule has 3 rings (SSSR count). The molecule has 3 aromatic rings. The molecule has 0 radical (unpaired) electrons. The fraction of sp³-hybridized carbons (Fsp3) is 0.0455. The maximum Gasteiger partial charge on any atom is 0.146 e. The van der Waals surface area contributed by atoms with Gasteiger partial charge in [-0.2, -0.15) is 5.26 Å². The highest BCUT2D eigenvalue weighted by molar-refractivity contribution is 14.1. The Morgan fingerprint density at radius 1 is 1.07 bits per heavy atom. The zero-order chi connectivity index (χ0) is 20.1. The molecule has 0 aliphatic carbocycles. The van der Waals surface area contributed by atoms with Crippen LogP contribution in [-0.2, 0) is 6.61 Å². The number of nitriles is 1. The number of nitrogens with zero attached hydrogens (tertiary/aromatic N) is 1. The standard InChI is InChI=1S/C22H13ClFI2NO/c23-19-4-2-1-3-18(19)16(12-27)9-15-10-20(25)22(21(26)11-15)28-13-14-5-7-17(24)8-6-14/h1-11H,13H2. The number of hydrogen-bond donors (Lipinski definition) is 0. The minimum absolute atomic E-state index is 0.268. The predicted molar refractivity (Wildman–Crippen MR) is 128 cm³/mol. The third-order valence-electron chi connectivity index (χ3n) is 3.91. The minimum Gasteiger partial charge on any atom is -0.487 e. The first-order valence-electron chi connectivity index (χ1n) is 8.21. The average Bonchev–Trinajstić information content (AvgIpc) is 2.67. The second kappa shape index (κ2) is 9.72. The van der Waals surface area contributed by atoms with Crippen LogP contribution < -0.4 is 4.74 Å². The second-order valence-electron chi connectivity index (χ2n) is 5.88. The topological polar surface area (TPSA) is 33.0 Å². The SMILES string of the molecule is N#CC(=Cc1cc(I)c(OCc2ccc(F)cc2)c(I)c1)c1ccccc1Cl. The lowest BCUT2D eigenvalue weighted by Crippen LogP contribution is -1.99. The molecule has 0 fully saturated rings. The third kappa shape index (κ3) is 5.25. The van der Waals surface area contributed by atoms with Crippen LogP contribution in [0.5, 0.6) is 5.75 Å². The molecule has 6 heteroatoms. The van der Waals surface area contributed by atoms with Gasteiger partial charge in [0, 0.05) is 10.6 Å². The van der Waals surface area contributed by atoms with E-state index in [1.54, 1.807) is 18.2 Å². The summed E-state index contributed by atoms with van der Waals surface area (Å²) in [6, 6.07) is 19.7. The van der Waals surface area contributed by atoms with Crippen LogP contribution in [0.1, 0.15) is 16.7 Å². The minimum atomic E-state index is -0.268. The summed E-state index contributed by atoms with van der Waals surface area (Å²) in [6.07, 6.45) is 1.81. The normalized spacial score (nSPS) is 11.2. The number of ether oxygens (including phenoxy) is 1.